The molecule has 2 aromatic rings. The van der Waals surface area contributed by atoms with Crippen molar-refractivity contribution in [3.05, 3.63) is 58.6 Å². The van der Waals surface area contributed by atoms with Gasteiger partial charge < -0.3 is 14.5 Å². The van der Waals surface area contributed by atoms with E-state index >= 15 is 0 Å². The third-order valence-corrected chi connectivity index (χ3v) is 11.2. The summed E-state index contributed by atoms with van der Waals surface area (Å²) in [4.78, 5) is 28.5. The number of carbonyl (C=O) groups excluding carboxylic acids is 1. The minimum absolute atomic E-state index is 0.00928. The molecule has 3 aliphatic heterocycles. The SMILES string of the molecule is C=C(F)C(=O)N1CCN(c2nc(OCC34CCCN3CCC4)nc3c2CCC2(CCc4c(C(F)F)cccc42)C3)C[C@@H]1CC#N. The van der Waals surface area contributed by atoms with Crippen molar-refractivity contribution in [1.82, 2.24) is 19.8 Å². The summed E-state index contributed by atoms with van der Waals surface area (Å²) >= 11 is 0. The Kier molecular flexibility index (Phi) is 7.75. The molecule has 3 fully saturated rings. The lowest BCUT2D eigenvalue weighted by molar-refractivity contribution is -0.131. The standard InChI is InChI=1S/C34H39F3N6O2/c1-22(35)31(44)43-18-17-41(20-23(43)9-14-38)30-26-8-13-33(12-7-24-25(29(36)37)5-2-6-27(24)33)19-28(26)39-32(40-30)45-21-34-10-3-15-42(34)16-4-11-34/h2,5-6,23,29H,1,3-4,7-13,15-21H2/t23-,33?/m0/s1. The number of amides is 1. The first-order valence-electron chi connectivity index (χ1n) is 16.2. The average molecular weight is 621 g/mol. The summed E-state index contributed by atoms with van der Waals surface area (Å²) in [6, 6.07) is 7.23. The Hall–Kier alpha value is -3.65. The molecular formula is C34H39F3N6O2. The second kappa shape index (κ2) is 11.6. The number of ether oxygens (including phenoxy) is 1. The minimum atomic E-state index is -2.51. The number of benzene rings is 1. The lowest BCUT2D eigenvalue weighted by Gasteiger charge is -2.43. The summed E-state index contributed by atoms with van der Waals surface area (Å²) in [7, 11) is 0. The summed E-state index contributed by atoms with van der Waals surface area (Å²) in [6.07, 6.45) is 5.49. The molecule has 1 unspecified atom stereocenters. The zero-order chi connectivity index (χ0) is 31.3. The van der Waals surface area contributed by atoms with E-state index in [-0.39, 0.29) is 29.5 Å². The topological polar surface area (TPSA) is 85.6 Å². The van der Waals surface area contributed by atoms with Crippen LogP contribution in [0.4, 0.5) is 19.0 Å². The number of piperazine rings is 1. The zero-order valence-corrected chi connectivity index (χ0v) is 25.5. The third-order valence-electron chi connectivity index (χ3n) is 11.2. The molecule has 1 amide bonds. The lowest BCUT2D eigenvalue weighted by atomic mass is 9.69. The van der Waals surface area contributed by atoms with Crippen LogP contribution in [-0.4, -0.2) is 76.6 Å². The van der Waals surface area contributed by atoms with Gasteiger partial charge in [0.25, 0.3) is 12.3 Å². The van der Waals surface area contributed by atoms with Gasteiger partial charge >= 0.3 is 6.01 Å². The predicted molar refractivity (Wildman–Crippen MR) is 162 cm³/mol. The van der Waals surface area contributed by atoms with E-state index in [4.69, 9.17) is 14.7 Å². The van der Waals surface area contributed by atoms with Crippen molar-refractivity contribution >= 4 is 11.7 Å². The molecule has 3 saturated heterocycles. The number of carbonyl (C=O) groups is 1. The van der Waals surface area contributed by atoms with Crippen molar-refractivity contribution in [2.75, 3.05) is 44.2 Å². The monoisotopic (exact) mass is 620 g/mol. The highest BCUT2D eigenvalue weighted by Gasteiger charge is 2.47. The van der Waals surface area contributed by atoms with E-state index in [1.807, 2.05) is 6.07 Å². The molecule has 2 atom stereocenters. The number of rotatable bonds is 7. The van der Waals surface area contributed by atoms with Crippen molar-refractivity contribution in [2.45, 2.75) is 87.6 Å². The van der Waals surface area contributed by atoms with Gasteiger partial charge in [-0.1, -0.05) is 24.8 Å². The maximum atomic E-state index is 13.9. The van der Waals surface area contributed by atoms with Gasteiger partial charge in [0, 0.05) is 36.2 Å². The van der Waals surface area contributed by atoms with Gasteiger partial charge in [-0.15, -0.1) is 0 Å². The molecule has 5 aliphatic rings. The van der Waals surface area contributed by atoms with Crippen molar-refractivity contribution in [3.63, 3.8) is 0 Å². The van der Waals surface area contributed by atoms with E-state index in [9.17, 15) is 23.2 Å². The van der Waals surface area contributed by atoms with Gasteiger partial charge in [0.05, 0.1) is 29.8 Å². The van der Waals surface area contributed by atoms with Gasteiger partial charge in [-0.05, 0) is 82.0 Å². The second-order valence-corrected chi connectivity index (χ2v) is 13.5. The summed E-state index contributed by atoms with van der Waals surface area (Å²) in [5.74, 6) is -1.10. The van der Waals surface area contributed by atoms with Gasteiger partial charge in [-0.3, -0.25) is 9.69 Å². The van der Waals surface area contributed by atoms with Gasteiger partial charge in [0.2, 0.25) is 0 Å². The molecule has 0 radical (unpaired) electrons. The van der Waals surface area contributed by atoms with Crippen molar-refractivity contribution in [1.29, 1.82) is 5.26 Å². The summed E-state index contributed by atoms with van der Waals surface area (Å²) < 4.78 is 48.2. The Balaban J connectivity index is 1.23. The number of halogens is 3. The van der Waals surface area contributed by atoms with Gasteiger partial charge in [0.15, 0.2) is 5.83 Å². The maximum Gasteiger partial charge on any atom is 0.318 e. The lowest BCUT2D eigenvalue weighted by Crippen LogP contribution is -2.55. The number of fused-ring (bicyclic) bond motifs is 4. The Morgan fingerprint density at radius 2 is 1.84 bits per heavy atom. The molecule has 0 bridgehead atoms. The fourth-order valence-corrected chi connectivity index (χ4v) is 8.93. The summed E-state index contributed by atoms with van der Waals surface area (Å²) in [5, 5.41) is 9.53. The molecule has 1 aromatic carbocycles. The largest absolute Gasteiger partial charge is 0.461 e. The number of nitriles is 1. The smallest absolute Gasteiger partial charge is 0.318 e. The predicted octanol–water partition coefficient (Wildman–Crippen LogP) is 5.21. The van der Waals surface area contributed by atoms with Crippen LogP contribution in [0.15, 0.2) is 30.6 Å². The van der Waals surface area contributed by atoms with Gasteiger partial charge in [-0.25, -0.2) is 13.2 Å². The third kappa shape index (κ3) is 5.15. The van der Waals surface area contributed by atoms with Gasteiger partial charge in [0.1, 0.15) is 12.4 Å². The number of alkyl halides is 2. The summed E-state index contributed by atoms with van der Waals surface area (Å²) in [6.45, 7) is 6.80. The number of nitrogens with zero attached hydrogens (tertiary/aromatic N) is 6. The Bertz CT molecular complexity index is 1550. The second-order valence-electron chi connectivity index (χ2n) is 13.5. The molecule has 45 heavy (non-hydrogen) atoms. The highest BCUT2D eigenvalue weighted by atomic mass is 19.3. The van der Waals surface area contributed by atoms with Crippen molar-refractivity contribution < 1.29 is 22.7 Å². The van der Waals surface area contributed by atoms with E-state index in [0.717, 1.165) is 79.8 Å². The molecule has 238 valence electrons. The summed E-state index contributed by atoms with van der Waals surface area (Å²) in [5.41, 5.74) is 3.51. The number of aromatic nitrogens is 2. The van der Waals surface area contributed by atoms with Crippen molar-refractivity contribution in [3.8, 4) is 12.1 Å². The fourth-order valence-electron chi connectivity index (χ4n) is 8.93. The molecule has 11 heteroatoms. The van der Waals surface area contributed by atoms with E-state index in [1.54, 1.807) is 12.1 Å². The van der Waals surface area contributed by atoms with E-state index in [2.05, 4.69) is 22.4 Å². The number of hydrogen-bond donors (Lipinski definition) is 0. The van der Waals surface area contributed by atoms with Crippen LogP contribution in [0.5, 0.6) is 6.01 Å². The molecule has 2 aliphatic carbocycles. The Labute approximate surface area is 261 Å². The molecule has 1 aromatic heterocycles. The number of hydrogen-bond acceptors (Lipinski definition) is 7. The highest BCUT2D eigenvalue weighted by molar-refractivity contribution is 5.91. The Morgan fingerprint density at radius 1 is 1.09 bits per heavy atom. The normalized spacial score (nSPS) is 25.3. The highest BCUT2D eigenvalue weighted by Crippen LogP contribution is 2.50. The Morgan fingerprint density at radius 3 is 2.56 bits per heavy atom. The zero-order valence-electron chi connectivity index (χ0n) is 25.5. The average Bonchev–Trinajstić information content (AvgIpc) is 3.72. The van der Waals surface area contributed by atoms with Crippen LogP contribution >= 0.6 is 0 Å². The first kappa shape index (κ1) is 30.0. The molecule has 0 saturated carbocycles. The van der Waals surface area contributed by atoms with E-state index < -0.39 is 24.2 Å². The van der Waals surface area contributed by atoms with Gasteiger partial charge in [-0.2, -0.15) is 15.2 Å². The van der Waals surface area contributed by atoms with Crippen LogP contribution in [-0.2, 0) is 29.5 Å². The van der Waals surface area contributed by atoms with Crippen molar-refractivity contribution in [2.24, 2.45) is 0 Å². The molecule has 7 rings (SSSR count). The maximum absolute atomic E-state index is 13.9. The first-order valence-corrected chi connectivity index (χ1v) is 16.2. The molecular weight excluding hydrogens is 581 g/mol. The van der Waals surface area contributed by atoms with Crippen LogP contribution in [0.3, 0.4) is 0 Å². The number of anilines is 1. The molecule has 8 nitrogen and oxygen atoms in total. The minimum Gasteiger partial charge on any atom is -0.461 e. The van der Waals surface area contributed by atoms with Crippen LogP contribution in [0.1, 0.15) is 79.3 Å². The molecule has 4 heterocycles. The van der Waals surface area contributed by atoms with Crippen LogP contribution < -0.4 is 9.64 Å². The first-order chi connectivity index (χ1) is 21.7. The quantitative estimate of drug-likeness (QED) is 0.393. The molecule has 1 spiro atoms. The van der Waals surface area contributed by atoms with E-state index in [0.29, 0.717) is 45.0 Å². The van der Waals surface area contributed by atoms with Crippen LogP contribution in [0.2, 0.25) is 0 Å². The molecule has 0 N–H and O–H groups in total. The van der Waals surface area contributed by atoms with Crippen LogP contribution in [0.25, 0.3) is 0 Å². The van der Waals surface area contributed by atoms with Crippen LogP contribution in [0, 0.1) is 11.3 Å². The fraction of sp³-hybridized carbons (Fsp3) is 0.588. The van der Waals surface area contributed by atoms with E-state index in [1.165, 1.54) is 4.90 Å².